The van der Waals surface area contributed by atoms with Crippen LogP contribution in [0.25, 0.3) is 0 Å². The second kappa shape index (κ2) is 8.20. The van der Waals surface area contributed by atoms with Crippen LogP contribution >= 0.6 is 0 Å². The number of amides is 2. The van der Waals surface area contributed by atoms with E-state index in [9.17, 15) is 36.4 Å². The Morgan fingerprint density at radius 1 is 1.24 bits per heavy atom. The van der Waals surface area contributed by atoms with Crippen LogP contribution in [0.3, 0.4) is 0 Å². The first-order chi connectivity index (χ1) is 15.1. The molecule has 2 fully saturated rings. The van der Waals surface area contributed by atoms with Crippen molar-refractivity contribution in [3.63, 3.8) is 0 Å². The minimum Gasteiger partial charge on any atom is -0.444 e. The van der Waals surface area contributed by atoms with Crippen molar-refractivity contribution in [2.75, 3.05) is 6.54 Å². The lowest BCUT2D eigenvalue weighted by Gasteiger charge is -2.28. The van der Waals surface area contributed by atoms with E-state index in [2.05, 4.69) is 5.32 Å². The number of carbonyl (C=O) groups excluding carboxylic acids is 2. The highest BCUT2D eigenvalue weighted by Gasteiger charge is 2.51. The van der Waals surface area contributed by atoms with Gasteiger partial charge >= 0.3 is 12.3 Å². The standard InChI is InChI=1S/C21H24F3N3O5S/c1-19(2,3)32-18(29)27-11-15(10-16(27)17(28)26-20(12-25)7-8-20)33(30,31)14-6-4-5-13(9-14)21(22,23)24/h4-6,9,15-16H,7-8,10-11H2,1-3H3,(H,26,28)/t15-,16+/m1/s1. The summed E-state index contributed by atoms with van der Waals surface area (Å²) in [4.78, 5) is 26.0. The van der Waals surface area contributed by atoms with Gasteiger partial charge in [-0.05, 0) is 58.2 Å². The molecule has 1 aliphatic carbocycles. The minimum absolute atomic E-state index is 0.342. The van der Waals surface area contributed by atoms with Gasteiger partial charge in [0.2, 0.25) is 5.91 Å². The Labute approximate surface area is 189 Å². The van der Waals surface area contributed by atoms with Gasteiger partial charge in [0, 0.05) is 6.54 Å². The van der Waals surface area contributed by atoms with E-state index in [4.69, 9.17) is 4.74 Å². The van der Waals surface area contributed by atoms with Crippen molar-refractivity contribution >= 4 is 21.8 Å². The number of alkyl halides is 3. The minimum atomic E-state index is -4.73. The topological polar surface area (TPSA) is 117 Å². The van der Waals surface area contributed by atoms with Crippen LogP contribution in [0.15, 0.2) is 29.2 Å². The second-order valence-electron chi connectivity index (χ2n) is 9.26. The molecular weight excluding hydrogens is 463 g/mol. The van der Waals surface area contributed by atoms with Crippen molar-refractivity contribution in [3.05, 3.63) is 29.8 Å². The first-order valence-electron chi connectivity index (χ1n) is 10.2. The molecular formula is C21H24F3N3O5S. The molecule has 0 radical (unpaired) electrons. The molecule has 0 spiro atoms. The molecule has 1 aromatic rings. The van der Waals surface area contributed by atoms with Crippen LogP contribution in [0.2, 0.25) is 0 Å². The third-order valence-corrected chi connectivity index (χ3v) is 7.58. The summed E-state index contributed by atoms with van der Waals surface area (Å²) in [6.07, 6.45) is -5.14. The molecule has 1 saturated heterocycles. The first kappa shape index (κ1) is 24.8. The average molecular weight is 488 g/mol. The van der Waals surface area contributed by atoms with Gasteiger partial charge in [-0.1, -0.05) is 6.07 Å². The number of sulfone groups is 1. The Morgan fingerprint density at radius 2 is 1.88 bits per heavy atom. The lowest BCUT2D eigenvalue weighted by molar-refractivity contribution is -0.137. The summed E-state index contributed by atoms with van der Waals surface area (Å²) >= 11 is 0. The maximum absolute atomic E-state index is 13.2. The largest absolute Gasteiger partial charge is 0.444 e. The van der Waals surface area contributed by atoms with Crippen LogP contribution < -0.4 is 5.32 Å². The number of nitrogens with zero attached hydrogens (tertiary/aromatic N) is 2. The van der Waals surface area contributed by atoms with Crippen molar-refractivity contribution < 1.29 is 35.9 Å². The first-order valence-corrected chi connectivity index (χ1v) is 11.8. The van der Waals surface area contributed by atoms with Crippen LogP contribution in [-0.2, 0) is 25.5 Å². The Bertz CT molecular complexity index is 1100. The number of halogens is 3. The van der Waals surface area contributed by atoms with E-state index in [1.807, 2.05) is 6.07 Å². The van der Waals surface area contributed by atoms with E-state index in [0.717, 1.165) is 23.1 Å². The molecule has 1 aliphatic heterocycles. The number of carbonyl (C=O) groups is 2. The predicted molar refractivity (Wildman–Crippen MR) is 109 cm³/mol. The molecule has 8 nitrogen and oxygen atoms in total. The fourth-order valence-electron chi connectivity index (χ4n) is 3.54. The van der Waals surface area contributed by atoms with E-state index in [1.165, 1.54) is 0 Å². The van der Waals surface area contributed by atoms with Gasteiger partial charge in [-0.3, -0.25) is 9.69 Å². The van der Waals surface area contributed by atoms with Crippen molar-refractivity contribution in [1.29, 1.82) is 5.26 Å². The number of nitriles is 1. The summed E-state index contributed by atoms with van der Waals surface area (Å²) in [7, 11) is -4.33. The molecule has 0 bridgehead atoms. The predicted octanol–water partition coefficient (Wildman–Crippen LogP) is 3.03. The van der Waals surface area contributed by atoms with Crippen molar-refractivity contribution in [3.8, 4) is 6.07 Å². The highest BCUT2D eigenvalue weighted by Crippen LogP contribution is 2.37. The Morgan fingerprint density at radius 3 is 2.39 bits per heavy atom. The Balaban J connectivity index is 1.91. The van der Waals surface area contributed by atoms with Gasteiger partial charge in [0.15, 0.2) is 9.84 Å². The zero-order valence-electron chi connectivity index (χ0n) is 18.3. The Kier molecular flexibility index (Phi) is 6.17. The van der Waals surface area contributed by atoms with E-state index in [1.54, 1.807) is 20.8 Å². The van der Waals surface area contributed by atoms with Crippen LogP contribution in [0.5, 0.6) is 0 Å². The number of likely N-dealkylation sites (tertiary alicyclic amines) is 1. The highest BCUT2D eigenvalue weighted by molar-refractivity contribution is 7.92. The van der Waals surface area contributed by atoms with Crippen molar-refractivity contribution in [2.24, 2.45) is 0 Å². The SMILES string of the molecule is CC(C)(C)OC(=O)N1C[C@H](S(=O)(=O)c2cccc(C(F)(F)F)c2)C[C@H]1C(=O)NC1(C#N)CC1. The fraction of sp³-hybridized carbons (Fsp3) is 0.571. The van der Waals surface area contributed by atoms with Crippen molar-refractivity contribution in [1.82, 2.24) is 10.2 Å². The number of hydrogen-bond donors (Lipinski definition) is 1. The molecule has 1 N–H and O–H groups in total. The number of rotatable bonds is 4. The molecule has 1 saturated carbocycles. The van der Waals surface area contributed by atoms with Gasteiger partial charge in [0.25, 0.3) is 0 Å². The van der Waals surface area contributed by atoms with Gasteiger partial charge in [0.1, 0.15) is 17.2 Å². The summed E-state index contributed by atoms with van der Waals surface area (Å²) < 4.78 is 70.9. The zero-order chi connectivity index (χ0) is 24.8. The summed E-state index contributed by atoms with van der Waals surface area (Å²) in [5, 5.41) is 10.5. The van der Waals surface area contributed by atoms with E-state index < -0.39 is 67.4 Å². The molecule has 2 amide bonds. The molecule has 2 aliphatic rings. The lowest BCUT2D eigenvalue weighted by atomic mass is 10.2. The summed E-state index contributed by atoms with van der Waals surface area (Å²) in [6.45, 7) is 4.36. The van der Waals surface area contributed by atoms with Crippen LogP contribution in [0, 0.1) is 11.3 Å². The molecule has 0 aromatic heterocycles. The average Bonchev–Trinajstić information content (AvgIpc) is 3.31. The zero-order valence-corrected chi connectivity index (χ0v) is 19.1. The smallest absolute Gasteiger partial charge is 0.416 e. The molecule has 180 valence electrons. The van der Waals surface area contributed by atoms with Gasteiger partial charge in [-0.25, -0.2) is 13.2 Å². The molecule has 3 rings (SSSR count). The quantitative estimate of drug-likeness (QED) is 0.698. The van der Waals surface area contributed by atoms with Gasteiger partial charge in [-0.15, -0.1) is 0 Å². The monoisotopic (exact) mass is 487 g/mol. The Hall–Kier alpha value is -2.81. The summed E-state index contributed by atoms with van der Waals surface area (Å²) in [6, 6.07) is 4.06. The van der Waals surface area contributed by atoms with Gasteiger partial charge in [0.05, 0.1) is 21.8 Å². The normalized spacial score (nSPS) is 22.4. The number of benzene rings is 1. The molecule has 0 unspecified atom stereocenters. The van der Waals surface area contributed by atoms with Gasteiger partial charge < -0.3 is 10.1 Å². The molecule has 1 heterocycles. The number of nitrogens with one attached hydrogen (secondary N) is 1. The van der Waals surface area contributed by atoms with Gasteiger partial charge in [-0.2, -0.15) is 18.4 Å². The number of hydrogen-bond acceptors (Lipinski definition) is 6. The van der Waals surface area contributed by atoms with Crippen LogP contribution in [0.4, 0.5) is 18.0 Å². The molecule has 12 heteroatoms. The summed E-state index contributed by atoms with van der Waals surface area (Å²) in [5.74, 6) is -0.707. The molecule has 2 atom stereocenters. The summed E-state index contributed by atoms with van der Waals surface area (Å²) in [5.41, 5.74) is -3.10. The lowest BCUT2D eigenvalue weighted by Crippen LogP contribution is -2.50. The van der Waals surface area contributed by atoms with Crippen LogP contribution in [-0.4, -0.2) is 54.3 Å². The molecule has 1 aromatic carbocycles. The van der Waals surface area contributed by atoms with Crippen molar-refractivity contribution in [2.45, 2.75) is 73.5 Å². The van der Waals surface area contributed by atoms with Crippen LogP contribution in [0.1, 0.15) is 45.6 Å². The maximum atomic E-state index is 13.2. The van der Waals surface area contributed by atoms with E-state index in [-0.39, 0.29) is 6.42 Å². The third-order valence-electron chi connectivity index (χ3n) is 5.45. The van der Waals surface area contributed by atoms with E-state index in [0.29, 0.717) is 18.9 Å². The van der Waals surface area contributed by atoms with E-state index >= 15 is 0 Å². The second-order valence-corrected chi connectivity index (χ2v) is 11.5. The fourth-order valence-corrected chi connectivity index (χ4v) is 5.28. The molecule has 33 heavy (non-hydrogen) atoms. The highest BCUT2D eigenvalue weighted by atomic mass is 32.2. The third kappa shape index (κ3) is 5.40. The maximum Gasteiger partial charge on any atom is 0.416 e. The number of ether oxygens (including phenoxy) is 1.